The van der Waals surface area contributed by atoms with Crippen LogP contribution in [-0.2, 0) is 15.8 Å². The second-order valence-electron chi connectivity index (χ2n) is 8.74. The Morgan fingerprint density at radius 2 is 1.56 bits per heavy atom. The number of amides is 1. The molecule has 0 bridgehead atoms. The van der Waals surface area contributed by atoms with Gasteiger partial charge in [-0.15, -0.1) is 11.8 Å². The van der Waals surface area contributed by atoms with Gasteiger partial charge >= 0.3 is 0 Å². The predicted molar refractivity (Wildman–Crippen MR) is 157 cm³/mol. The zero-order valence-corrected chi connectivity index (χ0v) is 23.8. The molecule has 0 unspecified atom stereocenters. The Bertz CT molecular complexity index is 1560. The molecule has 7 nitrogen and oxygen atoms in total. The smallest absolute Gasteiger partial charge is 0.264 e. The Kier molecular flexibility index (Phi) is 8.83. The molecular weight excluding hydrogens is 532 g/mol. The van der Waals surface area contributed by atoms with E-state index in [4.69, 9.17) is 9.47 Å². The number of aryl methyl sites for hydroxylation is 1. The van der Waals surface area contributed by atoms with E-state index in [0.717, 1.165) is 21.3 Å². The van der Waals surface area contributed by atoms with Crippen LogP contribution in [0.5, 0.6) is 11.5 Å². The van der Waals surface area contributed by atoms with E-state index < -0.39 is 10.0 Å². The van der Waals surface area contributed by atoms with Crippen molar-refractivity contribution in [3.8, 4) is 11.5 Å². The number of ether oxygens (including phenoxy) is 2. The Balaban J connectivity index is 1.43. The van der Waals surface area contributed by atoms with E-state index >= 15 is 0 Å². The molecular formula is C30H30N2O5S2. The minimum absolute atomic E-state index is 0.0607. The Hall–Kier alpha value is -3.95. The summed E-state index contributed by atoms with van der Waals surface area (Å²) in [6.07, 6.45) is 0. The number of methoxy groups -OCH3 is 2. The first-order valence-electron chi connectivity index (χ1n) is 12.1. The monoisotopic (exact) mass is 562 g/mol. The van der Waals surface area contributed by atoms with E-state index in [0.29, 0.717) is 22.7 Å². The molecule has 4 rings (SSSR count). The van der Waals surface area contributed by atoms with Crippen LogP contribution in [0.15, 0.2) is 101 Å². The zero-order chi connectivity index (χ0) is 28.0. The minimum atomic E-state index is -3.87. The van der Waals surface area contributed by atoms with Gasteiger partial charge in [0.2, 0.25) is 0 Å². The molecule has 0 aliphatic rings. The molecule has 0 heterocycles. The molecule has 0 aliphatic heterocycles. The first-order chi connectivity index (χ1) is 18.7. The number of hydrogen-bond donors (Lipinski definition) is 1. The van der Waals surface area contributed by atoms with Crippen molar-refractivity contribution in [3.63, 3.8) is 0 Å². The van der Waals surface area contributed by atoms with E-state index in [1.165, 1.54) is 43.9 Å². The summed E-state index contributed by atoms with van der Waals surface area (Å²) < 4.78 is 38.0. The number of nitrogens with zero attached hydrogens (tertiary/aromatic N) is 1. The number of anilines is 2. The van der Waals surface area contributed by atoms with Gasteiger partial charge in [-0.25, -0.2) is 8.42 Å². The van der Waals surface area contributed by atoms with Crippen molar-refractivity contribution < 1.29 is 22.7 Å². The van der Waals surface area contributed by atoms with Gasteiger partial charge in [-0.3, -0.25) is 9.10 Å². The number of carbonyl (C=O) groups excluding carboxylic acids is 1. The summed E-state index contributed by atoms with van der Waals surface area (Å²) in [4.78, 5) is 14.2. The summed E-state index contributed by atoms with van der Waals surface area (Å²) in [5.74, 6) is 1.31. The fourth-order valence-electron chi connectivity index (χ4n) is 3.93. The zero-order valence-electron chi connectivity index (χ0n) is 22.2. The van der Waals surface area contributed by atoms with Crippen molar-refractivity contribution in [1.29, 1.82) is 0 Å². The quantitative estimate of drug-likeness (QED) is 0.226. The number of nitrogens with one attached hydrogen (secondary N) is 1. The van der Waals surface area contributed by atoms with Gasteiger partial charge in [0, 0.05) is 35.0 Å². The van der Waals surface area contributed by atoms with Crippen LogP contribution in [0.25, 0.3) is 0 Å². The fraction of sp³-hybridized carbons (Fsp3) is 0.167. The van der Waals surface area contributed by atoms with Crippen LogP contribution >= 0.6 is 11.8 Å². The van der Waals surface area contributed by atoms with E-state index in [1.54, 1.807) is 42.1 Å². The van der Waals surface area contributed by atoms with Gasteiger partial charge in [0.25, 0.3) is 15.9 Å². The molecule has 0 fully saturated rings. The molecule has 0 spiro atoms. The molecule has 0 radical (unpaired) electrons. The Labute approximate surface area is 233 Å². The Morgan fingerprint density at radius 1 is 0.872 bits per heavy atom. The standard InChI is InChI=1S/C30H30N2O5S2/c1-21-18-22(20-38-25-8-6-5-7-9-25)10-16-27(21)31-30(33)23-11-13-24(14-12-23)32(2)39(34,35)26-15-17-28(36-3)29(19-26)37-4/h5-19H,20H2,1-4H3,(H,31,33). The van der Waals surface area contributed by atoms with Gasteiger partial charge in [0.1, 0.15) is 0 Å². The third-order valence-corrected chi connectivity index (χ3v) is 9.06. The average Bonchev–Trinajstić information content (AvgIpc) is 2.97. The van der Waals surface area contributed by atoms with Gasteiger partial charge in [-0.1, -0.05) is 30.3 Å². The highest BCUT2D eigenvalue weighted by atomic mass is 32.2. The summed E-state index contributed by atoms with van der Waals surface area (Å²) >= 11 is 1.76. The van der Waals surface area contributed by atoms with Crippen molar-refractivity contribution in [2.24, 2.45) is 0 Å². The molecule has 1 N–H and O–H groups in total. The van der Waals surface area contributed by atoms with Crippen molar-refractivity contribution in [2.75, 3.05) is 30.9 Å². The van der Waals surface area contributed by atoms with Crippen molar-refractivity contribution in [3.05, 3.63) is 108 Å². The fourth-order valence-corrected chi connectivity index (χ4v) is 6.00. The highest BCUT2D eigenvalue weighted by Gasteiger charge is 2.23. The lowest BCUT2D eigenvalue weighted by molar-refractivity contribution is 0.102. The largest absolute Gasteiger partial charge is 0.493 e. The maximum Gasteiger partial charge on any atom is 0.264 e. The maximum absolute atomic E-state index is 13.2. The summed E-state index contributed by atoms with van der Waals surface area (Å²) in [5.41, 5.74) is 3.69. The topological polar surface area (TPSA) is 84.9 Å². The molecule has 4 aromatic rings. The number of thioether (sulfide) groups is 1. The van der Waals surface area contributed by atoms with Crippen molar-refractivity contribution in [1.82, 2.24) is 0 Å². The van der Waals surface area contributed by atoms with Crippen LogP contribution in [0.2, 0.25) is 0 Å². The SMILES string of the molecule is COc1ccc(S(=O)(=O)N(C)c2ccc(C(=O)Nc3ccc(CSc4ccccc4)cc3C)cc2)cc1OC. The lowest BCUT2D eigenvalue weighted by Crippen LogP contribution is -2.26. The molecule has 202 valence electrons. The molecule has 0 atom stereocenters. The lowest BCUT2D eigenvalue weighted by atomic mass is 10.1. The number of hydrogen-bond acceptors (Lipinski definition) is 6. The first kappa shape index (κ1) is 28.1. The molecule has 9 heteroatoms. The normalized spacial score (nSPS) is 11.1. The van der Waals surface area contributed by atoms with Gasteiger partial charge < -0.3 is 14.8 Å². The number of carbonyl (C=O) groups is 1. The third-order valence-electron chi connectivity index (χ3n) is 6.19. The summed E-state index contributed by atoms with van der Waals surface area (Å²) in [5, 5.41) is 2.95. The van der Waals surface area contributed by atoms with E-state index in [2.05, 4.69) is 23.5 Å². The van der Waals surface area contributed by atoms with Crippen molar-refractivity contribution in [2.45, 2.75) is 22.5 Å². The molecule has 4 aromatic carbocycles. The highest BCUT2D eigenvalue weighted by molar-refractivity contribution is 7.98. The first-order valence-corrected chi connectivity index (χ1v) is 14.5. The number of sulfonamides is 1. The molecule has 0 saturated carbocycles. The summed E-state index contributed by atoms with van der Waals surface area (Å²) in [6.45, 7) is 1.96. The van der Waals surface area contributed by atoms with Crippen LogP contribution in [-0.4, -0.2) is 35.6 Å². The van der Waals surface area contributed by atoms with Crippen LogP contribution in [0.1, 0.15) is 21.5 Å². The molecule has 0 aliphatic carbocycles. The number of rotatable bonds is 10. The van der Waals surface area contributed by atoms with Gasteiger partial charge in [-0.05, 0) is 72.6 Å². The van der Waals surface area contributed by atoms with Crippen LogP contribution in [0, 0.1) is 6.92 Å². The average molecular weight is 563 g/mol. The lowest BCUT2D eigenvalue weighted by Gasteiger charge is -2.20. The highest BCUT2D eigenvalue weighted by Crippen LogP contribution is 2.32. The van der Waals surface area contributed by atoms with E-state index in [1.807, 2.05) is 37.3 Å². The Morgan fingerprint density at radius 3 is 2.21 bits per heavy atom. The molecule has 39 heavy (non-hydrogen) atoms. The summed E-state index contributed by atoms with van der Waals surface area (Å²) in [6, 6.07) is 27.0. The van der Waals surface area contributed by atoms with E-state index in [9.17, 15) is 13.2 Å². The molecule has 0 saturated heterocycles. The predicted octanol–water partition coefficient (Wildman–Crippen LogP) is 6.38. The van der Waals surface area contributed by atoms with Gasteiger partial charge in [0.05, 0.1) is 24.8 Å². The van der Waals surface area contributed by atoms with Gasteiger partial charge in [-0.2, -0.15) is 0 Å². The second-order valence-corrected chi connectivity index (χ2v) is 11.8. The number of benzene rings is 4. The van der Waals surface area contributed by atoms with Crippen LogP contribution in [0.4, 0.5) is 11.4 Å². The third kappa shape index (κ3) is 6.55. The van der Waals surface area contributed by atoms with Crippen LogP contribution in [0.3, 0.4) is 0 Å². The van der Waals surface area contributed by atoms with E-state index in [-0.39, 0.29) is 10.8 Å². The second kappa shape index (κ2) is 12.3. The van der Waals surface area contributed by atoms with Crippen LogP contribution < -0.4 is 19.1 Å². The maximum atomic E-state index is 13.2. The molecule has 1 amide bonds. The summed E-state index contributed by atoms with van der Waals surface area (Å²) in [7, 11) is 0.524. The molecule has 0 aromatic heterocycles. The van der Waals surface area contributed by atoms with Gasteiger partial charge in [0.15, 0.2) is 11.5 Å². The van der Waals surface area contributed by atoms with Crippen molar-refractivity contribution >= 4 is 39.1 Å². The minimum Gasteiger partial charge on any atom is -0.493 e.